The SMILES string of the molecule is O=C(NCC1CCCCC1)c1ccnc(Cl)c1. The van der Waals surface area contributed by atoms with Gasteiger partial charge in [-0.3, -0.25) is 4.79 Å². The number of hydrogen-bond donors (Lipinski definition) is 1. The van der Waals surface area contributed by atoms with Crippen molar-refractivity contribution in [1.82, 2.24) is 10.3 Å². The first-order valence-electron chi connectivity index (χ1n) is 6.15. The second-order valence-corrected chi connectivity index (χ2v) is 4.97. The molecule has 92 valence electrons. The molecule has 1 aliphatic carbocycles. The minimum atomic E-state index is -0.0557. The molecule has 1 fully saturated rings. The van der Waals surface area contributed by atoms with Crippen molar-refractivity contribution in [3.63, 3.8) is 0 Å². The summed E-state index contributed by atoms with van der Waals surface area (Å²) >= 11 is 5.75. The summed E-state index contributed by atoms with van der Waals surface area (Å²) in [5.41, 5.74) is 0.584. The standard InChI is InChI=1S/C13H17ClN2O/c14-12-8-11(6-7-15-12)13(17)16-9-10-4-2-1-3-5-10/h6-8,10H,1-5,9H2,(H,16,17). The lowest BCUT2D eigenvalue weighted by atomic mass is 9.89. The maximum absolute atomic E-state index is 11.8. The van der Waals surface area contributed by atoms with Gasteiger partial charge >= 0.3 is 0 Å². The van der Waals surface area contributed by atoms with Gasteiger partial charge in [-0.2, -0.15) is 0 Å². The predicted molar refractivity (Wildman–Crippen MR) is 68.2 cm³/mol. The van der Waals surface area contributed by atoms with Crippen LogP contribution in [0.2, 0.25) is 5.15 Å². The van der Waals surface area contributed by atoms with Crippen molar-refractivity contribution in [2.45, 2.75) is 32.1 Å². The Morgan fingerprint density at radius 2 is 2.18 bits per heavy atom. The molecule has 1 amide bonds. The summed E-state index contributed by atoms with van der Waals surface area (Å²) in [6.45, 7) is 0.777. The van der Waals surface area contributed by atoms with E-state index in [-0.39, 0.29) is 5.91 Å². The highest BCUT2D eigenvalue weighted by Crippen LogP contribution is 2.22. The molecule has 2 rings (SSSR count). The van der Waals surface area contributed by atoms with Crippen molar-refractivity contribution in [3.05, 3.63) is 29.0 Å². The molecule has 1 N–H and O–H groups in total. The number of pyridine rings is 1. The monoisotopic (exact) mass is 252 g/mol. The number of rotatable bonds is 3. The van der Waals surface area contributed by atoms with Gasteiger partial charge in [-0.1, -0.05) is 30.9 Å². The van der Waals surface area contributed by atoms with Crippen molar-refractivity contribution >= 4 is 17.5 Å². The Morgan fingerprint density at radius 1 is 1.41 bits per heavy atom. The Balaban J connectivity index is 1.84. The number of hydrogen-bond acceptors (Lipinski definition) is 2. The van der Waals surface area contributed by atoms with Gasteiger partial charge in [-0.15, -0.1) is 0 Å². The second kappa shape index (κ2) is 6.01. The lowest BCUT2D eigenvalue weighted by molar-refractivity contribution is 0.0943. The van der Waals surface area contributed by atoms with Crippen LogP contribution in [0.5, 0.6) is 0 Å². The number of aromatic nitrogens is 1. The molecule has 4 heteroatoms. The molecule has 0 unspecified atom stereocenters. The third-order valence-corrected chi connectivity index (χ3v) is 3.47. The van der Waals surface area contributed by atoms with Crippen molar-refractivity contribution in [3.8, 4) is 0 Å². The normalized spacial score (nSPS) is 16.8. The number of carbonyl (C=O) groups excluding carboxylic acids is 1. The van der Waals surface area contributed by atoms with Crippen LogP contribution in [0.15, 0.2) is 18.3 Å². The fourth-order valence-electron chi connectivity index (χ4n) is 2.27. The Hall–Kier alpha value is -1.09. The molecular weight excluding hydrogens is 236 g/mol. The van der Waals surface area contributed by atoms with E-state index < -0.39 is 0 Å². The van der Waals surface area contributed by atoms with Crippen LogP contribution in [0, 0.1) is 5.92 Å². The number of carbonyl (C=O) groups is 1. The van der Waals surface area contributed by atoms with Crippen molar-refractivity contribution in [1.29, 1.82) is 0 Å². The Morgan fingerprint density at radius 3 is 2.88 bits per heavy atom. The molecule has 3 nitrogen and oxygen atoms in total. The Bertz CT molecular complexity index is 389. The van der Waals surface area contributed by atoms with E-state index in [0.29, 0.717) is 16.6 Å². The van der Waals surface area contributed by atoms with E-state index in [2.05, 4.69) is 10.3 Å². The largest absolute Gasteiger partial charge is 0.352 e. The van der Waals surface area contributed by atoms with Crippen LogP contribution in [0.25, 0.3) is 0 Å². The third kappa shape index (κ3) is 3.70. The zero-order valence-electron chi connectivity index (χ0n) is 9.79. The lowest BCUT2D eigenvalue weighted by Crippen LogP contribution is -2.30. The summed E-state index contributed by atoms with van der Waals surface area (Å²) in [7, 11) is 0. The van der Waals surface area contributed by atoms with E-state index in [9.17, 15) is 4.79 Å². The molecular formula is C13H17ClN2O. The zero-order chi connectivity index (χ0) is 12.1. The topological polar surface area (TPSA) is 42.0 Å². The van der Waals surface area contributed by atoms with Crippen molar-refractivity contribution in [2.24, 2.45) is 5.92 Å². The zero-order valence-corrected chi connectivity index (χ0v) is 10.5. The molecule has 0 spiro atoms. The van der Waals surface area contributed by atoms with E-state index in [4.69, 9.17) is 11.6 Å². The maximum Gasteiger partial charge on any atom is 0.251 e. The molecule has 1 heterocycles. The molecule has 0 bridgehead atoms. The van der Waals surface area contributed by atoms with Gasteiger partial charge in [0.05, 0.1) is 0 Å². The van der Waals surface area contributed by atoms with Crippen LogP contribution >= 0.6 is 11.6 Å². The average molecular weight is 253 g/mol. The van der Waals surface area contributed by atoms with Crippen LogP contribution < -0.4 is 5.32 Å². The molecule has 1 saturated carbocycles. The van der Waals surface area contributed by atoms with Gasteiger partial charge < -0.3 is 5.32 Å². The highest BCUT2D eigenvalue weighted by atomic mass is 35.5. The van der Waals surface area contributed by atoms with Crippen LogP contribution in [-0.2, 0) is 0 Å². The van der Waals surface area contributed by atoms with Crippen LogP contribution in [0.1, 0.15) is 42.5 Å². The second-order valence-electron chi connectivity index (χ2n) is 4.58. The van der Waals surface area contributed by atoms with Crippen LogP contribution in [0.4, 0.5) is 0 Å². The van der Waals surface area contributed by atoms with Crippen molar-refractivity contribution in [2.75, 3.05) is 6.54 Å². The fraction of sp³-hybridized carbons (Fsp3) is 0.538. The molecule has 0 atom stereocenters. The van der Waals surface area contributed by atoms with Gasteiger partial charge in [0.2, 0.25) is 0 Å². The fourth-order valence-corrected chi connectivity index (χ4v) is 2.45. The minimum Gasteiger partial charge on any atom is -0.352 e. The highest BCUT2D eigenvalue weighted by molar-refractivity contribution is 6.29. The molecule has 0 aliphatic heterocycles. The van der Waals surface area contributed by atoms with Gasteiger partial charge in [-0.05, 0) is 30.9 Å². The van der Waals surface area contributed by atoms with E-state index in [1.807, 2.05) is 0 Å². The Kier molecular flexibility index (Phi) is 4.37. The molecule has 1 aromatic rings. The maximum atomic E-state index is 11.8. The summed E-state index contributed by atoms with van der Waals surface area (Å²) in [6.07, 6.45) is 7.94. The van der Waals surface area contributed by atoms with Crippen LogP contribution in [0.3, 0.4) is 0 Å². The third-order valence-electron chi connectivity index (χ3n) is 3.26. The summed E-state index contributed by atoms with van der Waals surface area (Å²) < 4.78 is 0. The number of nitrogens with zero attached hydrogens (tertiary/aromatic N) is 1. The van der Waals surface area contributed by atoms with Crippen molar-refractivity contribution < 1.29 is 4.79 Å². The smallest absolute Gasteiger partial charge is 0.251 e. The minimum absolute atomic E-state index is 0.0557. The molecule has 1 aliphatic rings. The summed E-state index contributed by atoms with van der Waals surface area (Å²) in [5, 5.41) is 3.33. The highest BCUT2D eigenvalue weighted by Gasteiger charge is 2.14. The first-order valence-corrected chi connectivity index (χ1v) is 6.53. The van der Waals surface area contributed by atoms with Gasteiger partial charge in [0.15, 0.2) is 0 Å². The van der Waals surface area contributed by atoms with E-state index >= 15 is 0 Å². The van der Waals surface area contributed by atoms with E-state index in [0.717, 1.165) is 6.54 Å². The number of nitrogens with one attached hydrogen (secondary N) is 1. The van der Waals surface area contributed by atoms with E-state index in [1.54, 1.807) is 18.3 Å². The van der Waals surface area contributed by atoms with Gasteiger partial charge in [0.1, 0.15) is 5.15 Å². The molecule has 0 saturated heterocycles. The summed E-state index contributed by atoms with van der Waals surface area (Å²) in [6, 6.07) is 3.28. The number of halogens is 1. The quantitative estimate of drug-likeness (QED) is 0.841. The molecule has 17 heavy (non-hydrogen) atoms. The molecule has 0 radical (unpaired) electrons. The van der Waals surface area contributed by atoms with Gasteiger partial charge in [-0.25, -0.2) is 4.98 Å². The predicted octanol–water partition coefficient (Wildman–Crippen LogP) is 3.05. The molecule has 1 aromatic heterocycles. The van der Waals surface area contributed by atoms with Gasteiger partial charge in [0.25, 0.3) is 5.91 Å². The average Bonchev–Trinajstić information content (AvgIpc) is 2.37. The first-order chi connectivity index (χ1) is 8.25. The lowest BCUT2D eigenvalue weighted by Gasteiger charge is -2.21. The van der Waals surface area contributed by atoms with E-state index in [1.165, 1.54) is 32.1 Å². The first kappa shape index (κ1) is 12.4. The number of amides is 1. The van der Waals surface area contributed by atoms with Crippen LogP contribution in [-0.4, -0.2) is 17.4 Å². The summed E-state index contributed by atoms with van der Waals surface area (Å²) in [5.74, 6) is 0.588. The Labute approximate surface area is 107 Å². The summed E-state index contributed by atoms with van der Waals surface area (Å²) in [4.78, 5) is 15.7. The molecule has 0 aromatic carbocycles. The van der Waals surface area contributed by atoms with Gasteiger partial charge in [0, 0.05) is 18.3 Å².